The molecule has 0 spiro atoms. The summed E-state index contributed by atoms with van der Waals surface area (Å²) in [5.74, 6) is -0.782. The molecule has 0 aliphatic heterocycles. The molecule has 0 aliphatic rings. The van der Waals surface area contributed by atoms with Crippen molar-refractivity contribution in [1.82, 2.24) is 5.32 Å². The van der Waals surface area contributed by atoms with Crippen LogP contribution in [0.2, 0.25) is 0 Å². The van der Waals surface area contributed by atoms with E-state index in [9.17, 15) is 14.4 Å². The summed E-state index contributed by atoms with van der Waals surface area (Å²) < 4.78 is 5.46. The lowest BCUT2D eigenvalue weighted by Gasteiger charge is -2.30. The van der Waals surface area contributed by atoms with Gasteiger partial charge in [-0.05, 0) is 34.1 Å². The summed E-state index contributed by atoms with van der Waals surface area (Å²) >= 11 is 0. The minimum Gasteiger partial charge on any atom is -0.460 e. The predicted molar refractivity (Wildman–Crippen MR) is 89.7 cm³/mol. The van der Waals surface area contributed by atoms with Crippen molar-refractivity contribution in [3.05, 3.63) is 0 Å². The van der Waals surface area contributed by atoms with Crippen LogP contribution in [0.1, 0.15) is 61.3 Å². The number of nitrogens with two attached hydrogens (primary N) is 1. The summed E-state index contributed by atoms with van der Waals surface area (Å²) in [6.07, 6.45) is -0.436. The van der Waals surface area contributed by atoms with Crippen molar-refractivity contribution in [2.24, 2.45) is 16.6 Å². The van der Waals surface area contributed by atoms with E-state index in [4.69, 9.17) is 10.5 Å². The number of amides is 1. The molecule has 0 fully saturated rings. The molecular weight excluding hydrogens is 296 g/mol. The molecule has 0 heterocycles. The molecule has 6 nitrogen and oxygen atoms in total. The standard InChI is InChI=1S/C17H32N2O4/c1-8-19-12(20)10-9-11(23-15(22)17(5,6)7)13(18)14(21)16(2,3)4/h11,13H,8-10,18H2,1-7H3,(H,19,20). The van der Waals surface area contributed by atoms with Crippen LogP contribution in [-0.4, -0.2) is 36.4 Å². The highest BCUT2D eigenvalue weighted by atomic mass is 16.5. The third-order valence-corrected chi connectivity index (χ3v) is 3.34. The molecule has 0 bridgehead atoms. The van der Waals surface area contributed by atoms with Gasteiger partial charge < -0.3 is 15.8 Å². The summed E-state index contributed by atoms with van der Waals surface area (Å²) in [7, 11) is 0. The van der Waals surface area contributed by atoms with Crippen LogP contribution < -0.4 is 11.1 Å². The second kappa shape index (κ2) is 8.43. The molecule has 0 radical (unpaired) electrons. The molecule has 0 aromatic rings. The van der Waals surface area contributed by atoms with E-state index in [2.05, 4.69) is 5.32 Å². The predicted octanol–water partition coefficient (Wildman–Crippen LogP) is 1.80. The van der Waals surface area contributed by atoms with E-state index in [1.165, 1.54) is 0 Å². The van der Waals surface area contributed by atoms with Crippen LogP contribution >= 0.6 is 0 Å². The Morgan fingerprint density at radius 3 is 1.96 bits per heavy atom. The second-order valence-corrected chi connectivity index (χ2v) is 7.83. The van der Waals surface area contributed by atoms with Crippen LogP contribution in [0.25, 0.3) is 0 Å². The van der Waals surface area contributed by atoms with E-state index in [-0.39, 0.29) is 24.5 Å². The Bertz CT molecular complexity index is 433. The van der Waals surface area contributed by atoms with Gasteiger partial charge in [-0.15, -0.1) is 0 Å². The highest BCUT2D eigenvalue weighted by Gasteiger charge is 2.36. The summed E-state index contributed by atoms with van der Waals surface area (Å²) in [6.45, 7) is 12.8. The molecule has 2 atom stereocenters. The molecule has 0 rings (SSSR count). The summed E-state index contributed by atoms with van der Waals surface area (Å²) in [5, 5.41) is 2.68. The molecular formula is C17H32N2O4. The number of carbonyl (C=O) groups is 3. The van der Waals surface area contributed by atoms with Crippen molar-refractivity contribution in [2.75, 3.05) is 6.54 Å². The molecule has 23 heavy (non-hydrogen) atoms. The van der Waals surface area contributed by atoms with Crippen molar-refractivity contribution in [3.8, 4) is 0 Å². The Hall–Kier alpha value is -1.43. The van der Waals surface area contributed by atoms with Gasteiger partial charge in [0.05, 0.1) is 5.41 Å². The second-order valence-electron chi connectivity index (χ2n) is 7.83. The van der Waals surface area contributed by atoms with Crippen LogP contribution in [0, 0.1) is 10.8 Å². The van der Waals surface area contributed by atoms with Crippen molar-refractivity contribution >= 4 is 17.7 Å². The van der Waals surface area contributed by atoms with Gasteiger partial charge in [0.25, 0.3) is 0 Å². The molecule has 0 aromatic carbocycles. The smallest absolute Gasteiger partial charge is 0.311 e. The lowest BCUT2D eigenvalue weighted by Crippen LogP contribution is -2.50. The number of Topliss-reactive ketones (excluding diaryl/α,β-unsaturated/α-hetero) is 1. The van der Waals surface area contributed by atoms with E-state index >= 15 is 0 Å². The molecule has 6 heteroatoms. The van der Waals surface area contributed by atoms with E-state index in [1.807, 2.05) is 6.92 Å². The Kier molecular flexibility index (Phi) is 7.91. The Balaban J connectivity index is 5.10. The first-order valence-electron chi connectivity index (χ1n) is 8.08. The van der Waals surface area contributed by atoms with Gasteiger partial charge in [-0.25, -0.2) is 0 Å². The highest BCUT2D eigenvalue weighted by Crippen LogP contribution is 2.23. The van der Waals surface area contributed by atoms with Gasteiger partial charge in [0, 0.05) is 18.4 Å². The zero-order valence-corrected chi connectivity index (χ0v) is 15.5. The third kappa shape index (κ3) is 7.59. The fourth-order valence-electron chi connectivity index (χ4n) is 1.85. The largest absolute Gasteiger partial charge is 0.460 e. The molecule has 0 saturated carbocycles. The van der Waals surface area contributed by atoms with Gasteiger partial charge in [0.15, 0.2) is 5.78 Å². The van der Waals surface area contributed by atoms with Gasteiger partial charge in [-0.1, -0.05) is 20.8 Å². The van der Waals surface area contributed by atoms with Crippen molar-refractivity contribution in [1.29, 1.82) is 0 Å². The van der Waals surface area contributed by atoms with E-state index in [1.54, 1.807) is 41.5 Å². The minimum atomic E-state index is -0.948. The molecule has 3 N–H and O–H groups in total. The van der Waals surface area contributed by atoms with Crippen molar-refractivity contribution in [3.63, 3.8) is 0 Å². The number of carbonyl (C=O) groups excluding carboxylic acids is 3. The average Bonchev–Trinajstić information content (AvgIpc) is 2.39. The number of hydrogen-bond donors (Lipinski definition) is 2. The zero-order chi connectivity index (χ0) is 18.4. The topological polar surface area (TPSA) is 98.5 Å². The first-order chi connectivity index (χ1) is 10.3. The monoisotopic (exact) mass is 328 g/mol. The van der Waals surface area contributed by atoms with Crippen LogP contribution in [0.4, 0.5) is 0 Å². The molecule has 2 unspecified atom stereocenters. The van der Waals surface area contributed by atoms with Crippen LogP contribution in [0.3, 0.4) is 0 Å². The van der Waals surface area contributed by atoms with Crippen LogP contribution in [0.5, 0.6) is 0 Å². The lowest BCUT2D eigenvalue weighted by atomic mass is 9.84. The number of hydrogen-bond acceptors (Lipinski definition) is 5. The maximum Gasteiger partial charge on any atom is 0.311 e. The first kappa shape index (κ1) is 21.6. The summed E-state index contributed by atoms with van der Waals surface area (Å²) in [6, 6.07) is -0.948. The van der Waals surface area contributed by atoms with Gasteiger partial charge in [-0.3, -0.25) is 14.4 Å². The fourth-order valence-corrected chi connectivity index (χ4v) is 1.85. The number of nitrogens with one attached hydrogen (secondary N) is 1. The number of esters is 1. The quantitative estimate of drug-likeness (QED) is 0.694. The minimum absolute atomic E-state index is 0.153. The van der Waals surface area contributed by atoms with E-state index in [0.29, 0.717) is 6.54 Å². The van der Waals surface area contributed by atoms with Crippen molar-refractivity contribution < 1.29 is 19.1 Å². The summed E-state index contributed by atoms with van der Waals surface area (Å²) in [4.78, 5) is 36.2. The Morgan fingerprint density at radius 2 is 1.57 bits per heavy atom. The van der Waals surface area contributed by atoms with Gasteiger partial charge in [0.2, 0.25) is 5.91 Å². The maximum atomic E-state index is 12.4. The maximum absolute atomic E-state index is 12.4. The molecule has 0 aliphatic carbocycles. The fraction of sp³-hybridized carbons (Fsp3) is 0.824. The molecule has 0 aromatic heterocycles. The molecule has 1 amide bonds. The average molecular weight is 328 g/mol. The lowest BCUT2D eigenvalue weighted by molar-refractivity contribution is -0.162. The first-order valence-corrected chi connectivity index (χ1v) is 8.08. The summed E-state index contributed by atoms with van der Waals surface area (Å²) in [5.41, 5.74) is 4.70. The van der Waals surface area contributed by atoms with Crippen molar-refractivity contribution in [2.45, 2.75) is 73.5 Å². The normalized spacial score (nSPS) is 14.8. The highest BCUT2D eigenvalue weighted by molar-refractivity contribution is 5.89. The third-order valence-electron chi connectivity index (χ3n) is 3.34. The van der Waals surface area contributed by atoms with Gasteiger partial charge >= 0.3 is 5.97 Å². The zero-order valence-electron chi connectivity index (χ0n) is 15.5. The van der Waals surface area contributed by atoms with Crippen LogP contribution in [-0.2, 0) is 19.1 Å². The van der Waals surface area contributed by atoms with Gasteiger partial charge in [-0.2, -0.15) is 0 Å². The Labute approximate surface area is 139 Å². The molecule has 0 saturated heterocycles. The van der Waals surface area contributed by atoms with E-state index < -0.39 is 28.9 Å². The number of rotatable bonds is 7. The number of ketones is 1. The SMILES string of the molecule is CCNC(=O)CCC(OC(=O)C(C)(C)C)C(N)C(=O)C(C)(C)C. The molecule has 134 valence electrons. The Morgan fingerprint density at radius 1 is 1.04 bits per heavy atom. The van der Waals surface area contributed by atoms with E-state index in [0.717, 1.165) is 0 Å². The number of ether oxygens (including phenoxy) is 1. The van der Waals surface area contributed by atoms with Gasteiger partial charge in [0.1, 0.15) is 12.1 Å². The van der Waals surface area contributed by atoms with Crippen LogP contribution in [0.15, 0.2) is 0 Å².